The Kier molecular flexibility index (Phi) is 5.38. The van der Waals surface area contributed by atoms with E-state index in [1.807, 2.05) is 54.6 Å². The molecule has 0 spiro atoms. The number of rotatable bonds is 5. The summed E-state index contributed by atoms with van der Waals surface area (Å²) in [4.78, 5) is 18.8. The summed E-state index contributed by atoms with van der Waals surface area (Å²) in [6.45, 7) is 0.429. The molecule has 33 heavy (non-hydrogen) atoms. The van der Waals surface area contributed by atoms with Gasteiger partial charge in [-0.2, -0.15) is 13.2 Å². The van der Waals surface area contributed by atoms with Crippen LogP contribution in [0.25, 0.3) is 22.2 Å². The van der Waals surface area contributed by atoms with Crippen molar-refractivity contribution in [2.75, 3.05) is 0 Å². The number of halogens is 3. The molecule has 2 atom stereocenters. The number of hydrogen-bond donors (Lipinski definition) is 2. The van der Waals surface area contributed by atoms with E-state index in [1.54, 1.807) is 18.5 Å². The second kappa shape index (κ2) is 8.37. The van der Waals surface area contributed by atoms with Crippen LogP contribution in [0.3, 0.4) is 0 Å². The van der Waals surface area contributed by atoms with Crippen LogP contribution in [0.2, 0.25) is 0 Å². The number of benzene rings is 3. The number of nitrogens with one attached hydrogen (secondary N) is 2. The molecule has 0 fully saturated rings. The van der Waals surface area contributed by atoms with E-state index in [-0.39, 0.29) is 0 Å². The van der Waals surface area contributed by atoms with Crippen molar-refractivity contribution in [3.63, 3.8) is 0 Å². The number of carbonyl (C=O) groups excluding carboxylic acids is 1. The summed E-state index contributed by atoms with van der Waals surface area (Å²) in [5.41, 5.74) is 6.41. The predicted octanol–water partition coefficient (Wildman–Crippen LogP) is 5.09. The number of hydrogen-bond acceptors (Lipinski definition) is 4. The summed E-state index contributed by atoms with van der Waals surface area (Å²) in [5, 5.41) is 3.27. The maximum atomic E-state index is 12.8. The molecule has 1 aliphatic carbocycles. The molecule has 0 bridgehead atoms. The number of aromatic amines is 1. The van der Waals surface area contributed by atoms with Crippen LogP contribution < -0.4 is 5.32 Å². The topological polar surface area (TPSA) is 67.0 Å². The Balaban J connectivity index is 1.29. The maximum Gasteiger partial charge on any atom is 0.490 e. The van der Waals surface area contributed by atoms with Gasteiger partial charge in [0.15, 0.2) is 0 Å². The highest BCUT2D eigenvalue weighted by molar-refractivity contribution is 5.81. The first kappa shape index (κ1) is 21.2. The van der Waals surface area contributed by atoms with Crippen molar-refractivity contribution < 1.29 is 22.7 Å². The van der Waals surface area contributed by atoms with Crippen molar-refractivity contribution in [3.05, 3.63) is 89.7 Å². The van der Waals surface area contributed by atoms with Crippen molar-refractivity contribution >= 4 is 17.0 Å². The summed E-state index contributed by atoms with van der Waals surface area (Å²) in [5.74, 6) is -2.17. The fraction of sp³-hybridized carbons (Fsp3) is 0.200. The summed E-state index contributed by atoms with van der Waals surface area (Å²) < 4.78 is 43.3. The third-order valence-electron chi connectivity index (χ3n) is 5.91. The minimum Gasteiger partial charge on any atom is -0.449 e. The van der Waals surface area contributed by atoms with Crippen molar-refractivity contribution in [1.29, 1.82) is 0 Å². The molecule has 1 heterocycles. The molecule has 2 N–H and O–H groups in total. The van der Waals surface area contributed by atoms with E-state index >= 15 is 0 Å². The highest BCUT2D eigenvalue weighted by atomic mass is 19.4. The molecule has 0 saturated heterocycles. The summed E-state index contributed by atoms with van der Waals surface area (Å²) >= 11 is 0. The minimum atomic E-state index is -5.03. The quantitative estimate of drug-likeness (QED) is 0.415. The van der Waals surface area contributed by atoms with Crippen molar-refractivity contribution in [2.45, 2.75) is 31.3 Å². The van der Waals surface area contributed by atoms with Gasteiger partial charge in [-0.1, -0.05) is 54.6 Å². The fourth-order valence-corrected chi connectivity index (χ4v) is 4.24. The zero-order valence-electron chi connectivity index (χ0n) is 17.4. The number of imidazole rings is 1. The first-order valence-corrected chi connectivity index (χ1v) is 10.5. The lowest BCUT2D eigenvalue weighted by Gasteiger charge is -2.23. The van der Waals surface area contributed by atoms with Gasteiger partial charge in [0, 0.05) is 6.54 Å². The van der Waals surface area contributed by atoms with Crippen LogP contribution in [0.4, 0.5) is 13.2 Å². The van der Waals surface area contributed by atoms with Crippen molar-refractivity contribution in [2.24, 2.45) is 0 Å². The van der Waals surface area contributed by atoms with Crippen LogP contribution in [0.5, 0.6) is 0 Å². The summed E-state index contributed by atoms with van der Waals surface area (Å²) in [7, 11) is 0. The number of aromatic nitrogens is 2. The lowest BCUT2D eigenvalue weighted by molar-refractivity contribution is -0.206. The van der Waals surface area contributed by atoms with Crippen LogP contribution in [0.1, 0.15) is 22.8 Å². The molecule has 0 aliphatic heterocycles. The third kappa shape index (κ3) is 4.34. The molecule has 4 aromatic rings. The smallest absolute Gasteiger partial charge is 0.449 e. The second-order valence-corrected chi connectivity index (χ2v) is 8.05. The lowest BCUT2D eigenvalue weighted by atomic mass is 10.0. The number of esters is 1. The maximum absolute atomic E-state index is 12.8. The normalized spacial score (nSPS) is 17.8. The van der Waals surface area contributed by atoms with E-state index in [4.69, 9.17) is 4.74 Å². The molecule has 2 unspecified atom stereocenters. The monoisotopic (exact) mass is 451 g/mol. The number of fused-ring (bicyclic) bond motifs is 2. The van der Waals surface area contributed by atoms with Crippen molar-refractivity contribution in [3.8, 4) is 11.1 Å². The van der Waals surface area contributed by atoms with Gasteiger partial charge < -0.3 is 15.0 Å². The van der Waals surface area contributed by atoms with Crippen LogP contribution in [0, 0.1) is 0 Å². The number of nitrogens with zero attached hydrogens (tertiary/aromatic N) is 1. The zero-order valence-corrected chi connectivity index (χ0v) is 17.4. The van der Waals surface area contributed by atoms with E-state index in [9.17, 15) is 18.0 Å². The zero-order chi connectivity index (χ0) is 23.0. The summed E-state index contributed by atoms with van der Waals surface area (Å²) in [6.07, 6.45) is -3.88. The van der Waals surface area contributed by atoms with Gasteiger partial charge >= 0.3 is 12.1 Å². The van der Waals surface area contributed by atoms with Crippen molar-refractivity contribution in [1.82, 2.24) is 15.3 Å². The number of ether oxygens (including phenoxy) is 1. The summed E-state index contributed by atoms with van der Waals surface area (Å²) in [6, 6.07) is 20.6. The van der Waals surface area contributed by atoms with E-state index in [0.717, 1.165) is 33.3 Å². The number of carbonyl (C=O) groups is 1. The Labute approximate surface area is 187 Å². The minimum absolute atomic E-state index is 0.429. The molecule has 5 nitrogen and oxygen atoms in total. The van der Waals surface area contributed by atoms with Gasteiger partial charge in [-0.05, 0) is 46.4 Å². The van der Waals surface area contributed by atoms with Gasteiger partial charge in [0.1, 0.15) is 6.10 Å². The van der Waals surface area contributed by atoms with Gasteiger partial charge in [0.25, 0.3) is 0 Å². The van der Waals surface area contributed by atoms with Gasteiger partial charge in [-0.25, -0.2) is 9.78 Å². The molecular formula is C25H20F3N3O2. The molecule has 5 rings (SSSR count). The molecule has 168 valence electrons. The van der Waals surface area contributed by atoms with Crippen LogP contribution in [-0.4, -0.2) is 28.2 Å². The Bertz CT molecular complexity index is 1300. The first-order chi connectivity index (χ1) is 15.9. The Morgan fingerprint density at radius 3 is 2.61 bits per heavy atom. The van der Waals surface area contributed by atoms with Gasteiger partial charge in [-0.15, -0.1) is 0 Å². The number of H-pyrrole nitrogens is 1. The first-order valence-electron chi connectivity index (χ1n) is 10.5. The molecule has 0 saturated carbocycles. The average molecular weight is 451 g/mol. The van der Waals surface area contributed by atoms with Gasteiger partial charge in [-0.3, -0.25) is 0 Å². The largest absolute Gasteiger partial charge is 0.490 e. The van der Waals surface area contributed by atoms with Crippen LogP contribution in [0.15, 0.2) is 73.1 Å². The average Bonchev–Trinajstić information content (AvgIpc) is 3.41. The highest BCUT2D eigenvalue weighted by Gasteiger charge is 2.45. The van der Waals surface area contributed by atoms with E-state index < -0.39 is 24.3 Å². The SMILES string of the molecule is O=C(OC1c2ccccc2CC1NCc1ccc(-c2ccc3nc[nH]c3c2)cc1)C(F)(F)F. The third-order valence-corrected chi connectivity index (χ3v) is 5.91. The molecule has 0 amide bonds. The molecule has 1 aliphatic rings. The van der Waals surface area contributed by atoms with Crippen LogP contribution >= 0.6 is 0 Å². The molecule has 1 aromatic heterocycles. The van der Waals surface area contributed by atoms with Crippen LogP contribution in [-0.2, 0) is 22.5 Å². The van der Waals surface area contributed by atoms with Gasteiger partial charge in [0.05, 0.1) is 23.4 Å². The molecule has 0 radical (unpaired) electrons. The number of alkyl halides is 3. The fourth-order valence-electron chi connectivity index (χ4n) is 4.24. The Morgan fingerprint density at radius 1 is 1.06 bits per heavy atom. The highest BCUT2D eigenvalue weighted by Crippen LogP contribution is 2.36. The molecular weight excluding hydrogens is 431 g/mol. The molecule has 8 heteroatoms. The van der Waals surface area contributed by atoms with E-state index in [0.29, 0.717) is 18.5 Å². The predicted molar refractivity (Wildman–Crippen MR) is 117 cm³/mol. The van der Waals surface area contributed by atoms with E-state index in [2.05, 4.69) is 15.3 Å². The van der Waals surface area contributed by atoms with E-state index in [1.165, 1.54) is 0 Å². The molecule has 3 aromatic carbocycles. The standard InChI is InChI=1S/C25H20F3N3O2/c26-25(27,28)24(32)33-23-19-4-2-1-3-18(19)12-22(23)29-13-15-5-7-16(8-6-15)17-9-10-20-21(11-17)31-14-30-20/h1-11,14,22-23,29H,12-13H2,(H,30,31). The Hall–Kier alpha value is -3.65. The lowest BCUT2D eigenvalue weighted by Crippen LogP contribution is -2.37. The second-order valence-electron chi connectivity index (χ2n) is 8.05. The van der Waals surface area contributed by atoms with Gasteiger partial charge in [0.2, 0.25) is 0 Å². The Morgan fingerprint density at radius 2 is 1.82 bits per heavy atom.